The lowest BCUT2D eigenvalue weighted by atomic mass is 10.1. The van der Waals surface area contributed by atoms with Gasteiger partial charge in [-0.25, -0.2) is 4.98 Å². The zero-order valence-corrected chi connectivity index (χ0v) is 18.3. The molecule has 2 heterocycles. The summed E-state index contributed by atoms with van der Waals surface area (Å²) in [5, 5.41) is 7.87. The summed E-state index contributed by atoms with van der Waals surface area (Å²) >= 11 is 1.34. The van der Waals surface area contributed by atoms with E-state index in [0.29, 0.717) is 16.4 Å². The molecule has 2 aromatic heterocycles. The highest BCUT2D eigenvalue weighted by atomic mass is 32.1. The molecule has 0 spiro atoms. The first-order valence-corrected chi connectivity index (χ1v) is 10.6. The van der Waals surface area contributed by atoms with Crippen LogP contribution in [0.15, 0.2) is 53.3 Å². The topological polar surface area (TPSA) is 85.6 Å². The molecule has 1 amide bonds. The Kier molecular flexibility index (Phi) is 5.81. The summed E-state index contributed by atoms with van der Waals surface area (Å²) in [6.07, 6.45) is 0. The van der Waals surface area contributed by atoms with E-state index in [1.165, 1.54) is 21.9 Å². The Morgan fingerprint density at radius 1 is 1.10 bits per heavy atom. The Morgan fingerprint density at radius 2 is 1.84 bits per heavy atom. The van der Waals surface area contributed by atoms with E-state index in [1.807, 2.05) is 63.2 Å². The van der Waals surface area contributed by atoms with Crippen LogP contribution in [0.2, 0.25) is 0 Å². The van der Waals surface area contributed by atoms with Crippen molar-refractivity contribution in [3.05, 3.63) is 81.3 Å². The van der Waals surface area contributed by atoms with Crippen LogP contribution in [0.1, 0.15) is 22.4 Å². The molecule has 0 aliphatic heterocycles. The number of nitrogens with one attached hydrogen (secondary N) is 1. The fourth-order valence-corrected chi connectivity index (χ4v) is 4.17. The zero-order chi connectivity index (χ0) is 22.0. The van der Waals surface area contributed by atoms with E-state index >= 15 is 0 Å². The number of ether oxygens (including phenoxy) is 1. The van der Waals surface area contributed by atoms with Gasteiger partial charge in [-0.15, -0.1) is 0 Å². The number of benzene rings is 2. The number of hydrogen-bond acceptors (Lipinski definition) is 6. The monoisotopic (exact) mass is 434 g/mol. The molecule has 0 radical (unpaired) electrons. The van der Waals surface area contributed by atoms with Crippen LogP contribution in [0, 0.1) is 20.8 Å². The van der Waals surface area contributed by atoms with Crippen molar-refractivity contribution in [3.8, 4) is 16.3 Å². The molecule has 4 aromatic rings. The average molecular weight is 435 g/mol. The van der Waals surface area contributed by atoms with Gasteiger partial charge in [0.25, 0.3) is 11.5 Å². The van der Waals surface area contributed by atoms with Crippen LogP contribution in [0.5, 0.6) is 5.75 Å². The van der Waals surface area contributed by atoms with Gasteiger partial charge >= 0.3 is 0 Å². The standard InChI is InChI=1S/C23H22N4O3S/c1-14-6-4-9-17(10-14)22-26-27-20(29)11-18(25-23(27)31-22)12-24-19(28)13-30-21-15(2)7-5-8-16(21)3/h4-11H,12-13H2,1-3H3,(H,24,28). The molecule has 0 atom stereocenters. The van der Waals surface area contributed by atoms with Crippen molar-refractivity contribution in [1.82, 2.24) is 19.9 Å². The molecule has 1 N–H and O–H groups in total. The Labute approximate surface area is 183 Å². The van der Waals surface area contributed by atoms with Crippen LogP contribution in [-0.4, -0.2) is 27.1 Å². The van der Waals surface area contributed by atoms with Gasteiger partial charge in [0.15, 0.2) is 6.61 Å². The minimum absolute atomic E-state index is 0.106. The number of carbonyl (C=O) groups excluding carboxylic acids is 1. The number of rotatable bonds is 6. The molecule has 0 bridgehead atoms. The van der Waals surface area contributed by atoms with E-state index in [9.17, 15) is 9.59 Å². The van der Waals surface area contributed by atoms with Gasteiger partial charge in [-0.1, -0.05) is 53.3 Å². The summed E-state index contributed by atoms with van der Waals surface area (Å²) < 4.78 is 6.96. The fraction of sp³-hybridized carbons (Fsp3) is 0.217. The van der Waals surface area contributed by atoms with Crippen molar-refractivity contribution in [2.45, 2.75) is 27.3 Å². The quantitative estimate of drug-likeness (QED) is 0.502. The third-order valence-corrected chi connectivity index (χ3v) is 5.74. The third-order valence-electron chi connectivity index (χ3n) is 4.79. The maximum atomic E-state index is 12.5. The number of para-hydroxylation sites is 1. The first kappa shape index (κ1) is 20.7. The maximum Gasteiger partial charge on any atom is 0.275 e. The normalized spacial score (nSPS) is 10.9. The smallest absolute Gasteiger partial charge is 0.275 e. The second kappa shape index (κ2) is 8.69. The lowest BCUT2D eigenvalue weighted by Crippen LogP contribution is -2.29. The predicted molar refractivity (Wildman–Crippen MR) is 121 cm³/mol. The molecule has 31 heavy (non-hydrogen) atoms. The molecule has 7 nitrogen and oxygen atoms in total. The summed E-state index contributed by atoms with van der Waals surface area (Å²) in [5.41, 5.74) is 4.20. The highest BCUT2D eigenvalue weighted by Crippen LogP contribution is 2.25. The van der Waals surface area contributed by atoms with Crippen LogP contribution in [0.4, 0.5) is 0 Å². The van der Waals surface area contributed by atoms with Gasteiger partial charge in [-0.2, -0.15) is 9.61 Å². The van der Waals surface area contributed by atoms with Crippen molar-refractivity contribution in [1.29, 1.82) is 0 Å². The largest absolute Gasteiger partial charge is 0.483 e. The molecule has 158 valence electrons. The van der Waals surface area contributed by atoms with E-state index < -0.39 is 0 Å². The van der Waals surface area contributed by atoms with Crippen LogP contribution in [0.3, 0.4) is 0 Å². The number of fused-ring (bicyclic) bond motifs is 1. The van der Waals surface area contributed by atoms with E-state index in [1.54, 1.807) is 0 Å². The molecule has 8 heteroatoms. The lowest BCUT2D eigenvalue weighted by molar-refractivity contribution is -0.123. The van der Waals surface area contributed by atoms with Crippen molar-refractivity contribution in [3.63, 3.8) is 0 Å². The number of aryl methyl sites for hydroxylation is 3. The number of nitrogens with zero attached hydrogens (tertiary/aromatic N) is 3. The molecular weight excluding hydrogens is 412 g/mol. The molecule has 0 saturated heterocycles. The zero-order valence-electron chi connectivity index (χ0n) is 17.5. The second-order valence-electron chi connectivity index (χ2n) is 7.34. The maximum absolute atomic E-state index is 12.5. The minimum atomic E-state index is -0.283. The van der Waals surface area contributed by atoms with Gasteiger partial charge in [-0.3, -0.25) is 9.59 Å². The number of aromatic nitrogens is 3. The first-order chi connectivity index (χ1) is 14.9. The molecule has 0 aliphatic carbocycles. The first-order valence-electron chi connectivity index (χ1n) is 9.83. The summed E-state index contributed by atoms with van der Waals surface area (Å²) in [6.45, 7) is 5.91. The predicted octanol–water partition coefficient (Wildman–Crippen LogP) is 3.44. The Hall–Kier alpha value is -3.52. The van der Waals surface area contributed by atoms with E-state index in [2.05, 4.69) is 15.4 Å². The Balaban J connectivity index is 1.45. The van der Waals surface area contributed by atoms with Crippen molar-refractivity contribution in [2.24, 2.45) is 0 Å². The molecule has 0 saturated carbocycles. The molecule has 4 rings (SSSR count). The number of amides is 1. The van der Waals surface area contributed by atoms with Gasteiger partial charge in [0, 0.05) is 11.6 Å². The van der Waals surface area contributed by atoms with Crippen LogP contribution >= 0.6 is 11.3 Å². The molecule has 0 unspecified atom stereocenters. The molecule has 2 aromatic carbocycles. The summed E-state index contributed by atoms with van der Waals surface area (Å²) in [4.78, 5) is 29.7. The van der Waals surface area contributed by atoms with E-state index in [4.69, 9.17) is 4.74 Å². The van der Waals surface area contributed by atoms with Gasteiger partial charge in [0.05, 0.1) is 12.2 Å². The van der Waals surface area contributed by atoms with Crippen molar-refractivity contribution < 1.29 is 9.53 Å². The van der Waals surface area contributed by atoms with Crippen molar-refractivity contribution in [2.75, 3.05) is 6.61 Å². The number of hydrogen-bond donors (Lipinski definition) is 1. The van der Waals surface area contributed by atoms with Gasteiger partial charge in [0.2, 0.25) is 4.96 Å². The lowest BCUT2D eigenvalue weighted by Gasteiger charge is -2.11. The fourth-order valence-electron chi connectivity index (χ4n) is 3.25. The van der Waals surface area contributed by atoms with Gasteiger partial charge in [-0.05, 0) is 38.0 Å². The van der Waals surface area contributed by atoms with Crippen molar-refractivity contribution >= 4 is 22.2 Å². The highest BCUT2D eigenvalue weighted by Gasteiger charge is 2.12. The SMILES string of the molecule is Cc1cccc(-c2nn3c(=O)cc(CNC(=O)COc4c(C)cccc4C)nc3s2)c1. The van der Waals surface area contributed by atoms with Crippen LogP contribution in [-0.2, 0) is 11.3 Å². The average Bonchev–Trinajstić information content (AvgIpc) is 3.17. The molecular formula is C23H22N4O3S. The van der Waals surface area contributed by atoms with Gasteiger partial charge < -0.3 is 10.1 Å². The molecule has 0 fully saturated rings. The van der Waals surface area contributed by atoms with Gasteiger partial charge in [0.1, 0.15) is 10.8 Å². The number of carbonyl (C=O) groups is 1. The van der Waals surface area contributed by atoms with Crippen LogP contribution < -0.4 is 15.6 Å². The second-order valence-corrected chi connectivity index (χ2v) is 8.30. The van der Waals surface area contributed by atoms with E-state index in [0.717, 1.165) is 27.3 Å². The minimum Gasteiger partial charge on any atom is -0.483 e. The summed E-state index contributed by atoms with van der Waals surface area (Å²) in [6, 6.07) is 15.1. The summed E-state index contributed by atoms with van der Waals surface area (Å²) in [7, 11) is 0. The summed E-state index contributed by atoms with van der Waals surface area (Å²) in [5.74, 6) is 0.429. The Morgan fingerprint density at radius 3 is 2.58 bits per heavy atom. The highest BCUT2D eigenvalue weighted by molar-refractivity contribution is 7.19. The van der Waals surface area contributed by atoms with E-state index in [-0.39, 0.29) is 24.6 Å². The van der Waals surface area contributed by atoms with Crippen LogP contribution in [0.25, 0.3) is 15.5 Å². The third kappa shape index (κ3) is 4.64. The molecule has 0 aliphatic rings. The Bertz CT molecular complexity index is 1310.